The lowest BCUT2D eigenvalue weighted by atomic mass is 10.0. The van der Waals surface area contributed by atoms with Crippen LogP contribution in [0.1, 0.15) is 34.1 Å². The van der Waals surface area contributed by atoms with Gasteiger partial charge in [0.1, 0.15) is 5.75 Å². The van der Waals surface area contributed by atoms with E-state index in [9.17, 15) is 0 Å². The number of guanidine groups is 1. The predicted octanol–water partition coefficient (Wildman–Crippen LogP) is 2.94. The number of aromatic nitrogens is 1. The number of benzene rings is 1. The number of hydrogen-bond acceptors (Lipinski definition) is 6. The van der Waals surface area contributed by atoms with Crippen LogP contribution in [-0.2, 0) is 11.2 Å². The molecule has 1 aromatic heterocycles. The monoisotopic (exact) mass is 445 g/mol. The fourth-order valence-corrected chi connectivity index (χ4v) is 4.70. The van der Waals surface area contributed by atoms with Crippen LogP contribution in [0.15, 0.2) is 29.3 Å². The molecular formula is C23H35N5O2S. The molecule has 1 aliphatic rings. The molecule has 0 bridgehead atoms. The van der Waals surface area contributed by atoms with Crippen LogP contribution in [0.3, 0.4) is 0 Å². The summed E-state index contributed by atoms with van der Waals surface area (Å²) in [7, 11) is 1.70. The highest BCUT2D eigenvalue weighted by Gasteiger charge is 2.22. The number of methoxy groups -OCH3 is 1. The number of thiazole rings is 1. The van der Waals surface area contributed by atoms with Gasteiger partial charge in [-0.05, 0) is 38.5 Å². The van der Waals surface area contributed by atoms with Gasteiger partial charge in [0.25, 0.3) is 0 Å². The van der Waals surface area contributed by atoms with Gasteiger partial charge in [0, 0.05) is 37.5 Å². The van der Waals surface area contributed by atoms with Gasteiger partial charge in [0.15, 0.2) is 5.96 Å². The van der Waals surface area contributed by atoms with Gasteiger partial charge < -0.3 is 20.1 Å². The van der Waals surface area contributed by atoms with E-state index in [1.54, 1.807) is 18.4 Å². The Kier molecular flexibility index (Phi) is 9.12. The van der Waals surface area contributed by atoms with Gasteiger partial charge in [-0.1, -0.05) is 12.1 Å². The molecular weight excluding hydrogens is 410 g/mol. The van der Waals surface area contributed by atoms with Crippen LogP contribution in [0.2, 0.25) is 0 Å². The summed E-state index contributed by atoms with van der Waals surface area (Å²) in [4.78, 5) is 13.3. The number of hydrogen-bond donors (Lipinski definition) is 2. The predicted molar refractivity (Wildman–Crippen MR) is 127 cm³/mol. The van der Waals surface area contributed by atoms with Gasteiger partial charge in [-0.3, -0.25) is 9.89 Å². The quantitative estimate of drug-likeness (QED) is 0.457. The van der Waals surface area contributed by atoms with Crippen LogP contribution in [0.5, 0.6) is 5.75 Å². The minimum atomic E-state index is 0.205. The van der Waals surface area contributed by atoms with E-state index < -0.39 is 0 Å². The maximum Gasteiger partial charge on any atom is 0.191 e. The Labute approximate surface area is 189 Å². The van der Waals surface area contributed by atoms with Crippen molar-refractivity contribution in [2.75, 3.05) is 53.0 Å². The van der Waals surface area contributed by atoms with E-state index in [-0.39, 0.29) is 6.04 Å². The van der Waals surface area contributed by atoms with Crippen molar-refractivity contribution in [3.8, 4) is 5.75 Å². The van der Waals surface area contributed by atoms with Crippen molar-refractivity contribution in [2.24, 2.45) is 4.99 Å². The highest BCUT2D eigenvalue weighted by molar-refractivity contribution is 7.11. The van der Waals surface area contributed by atoms with E-state index in [2.05, 4.69) is 53.4 Å². The van der Waals surface area contributed by atoms with E-state index >= 15 is 0 Å². The first-order valence-electron chi connectivity index (χ1n) is 11.0. The summed E-state index contributed by atoms with van der Waals surface area (Å²) in [6.07, 6.45) is 0.952. The molecule has 31 heavy (non-hydrogen) atoms. The van der Waals surface area contributed by atoms with Crippen LogP contribution < -0.4 is 15.4 Å². The fraction of sp³-hybridized carbons (Fsp3) is 0.565. The van der Waals surface area contributed by atoms with Crippen LogP contribution in [-0.4, -0.2) is 68.9 Å². The SMILES string of the molecule is CCNC(=NCC(c1ccc(OC)cc1)N1CCOCC1)NCCc1sc(C)nc1C. The lowest BCUT2D eigenvalue weighted by Gasteiger charge is -2.34. The second kappa shape index (κ2) is 12.0. The summed E-state index contributed by atoms with van der Waals surface area (Å²) in [6.45, 7) is 11.9. The van der Waals surface area contributed by atoms with Crippen molar-refractivity contribution in [1.29, 1.82) is 0 Å². The molecule has 1 aromatic carbocycles. The molecule has 0 aliphatic carbocycles. The molecule has 0 amide bonds. The molecule has 1 aliphatic heterocycles. The Balaban J connectivity index is 1.67. The highest BCUT2D eigenvalue weighted by Crippen LogP contribution is 2.24. The van der Waals surface area contributed by atoms with Crippen LogP contribution in [0, 0.1) is 13.8 Å². The van der Waals surface area contributed by atoms with E-state index in [0.29, 0.717) is 6.54 Å². The van der Waals surface area contributed by atoms with Gasteiger partial charge in [-0.15, -0.1) is 11.3 Å². The van der Waals surface area contributed by atoms with Gasteiger partial charge in [0.2, 0.25) is 0 Å². The second-order valence-corrected chi connectivity index (χ2v) is 8.86. The smallest absolute Gasteiger partial charge is 0.191 e. The maximum absolute atomic E-state index is 5.57. The zero-order valence-corrected chi connectivity index (χ0v) is 19.9. The molecule has 3 rings (SSSR count). The Morgan fingerprint density at radius 1 is 1.23 bits per heavy atom. The van der Waals surface area contributed by atoms with Gasteiger partial charge in [-0.2, -0.15) is 0 Å². The summed E-state index contributed by atoms with van der Waals surface area (Å²) in [5.41, 5.74) is 2.39. The number of nitrogens with one attached hydrogen (secondary N) is 2. The third kappa shape index (κ3) is 6.92. The molecule has 1 saturated heterocycles. The molecule has 2 heterocycles. The average Bonchev–Trinajstić information content (AvgIpc) is 3.11. The van der Waals surface area contributed by atoms with Crippen LogP contribution in [0.4, 0.5) is 0 Å². The van der Waals surface area contributed by atoms with Crippen molar-refractivity contribution in [3.05, 3.63) is 45.4 Å². The van der Waals surface area contributed by atoms with Crippen molar-refractivity contribution < 1.29 is 9.47 Å². The highest BCUT2D eigenvalue weighted by atomic mass is 32.1. The summed E-state index contributed by atoms with van der Waals surface area (Å²) >= 11 is 1.78. The molecule has 2 aromatic rings. The molecule has 7 nitrogen and oxygen atoms in total. The fourth-order valence-electron chi connectivity index (χ4n) is 3.77. The first-order valence-corrected chi connectivity index (χ1v) is 11.8. The molecule has 1 fully saturated rings. The molecule has 0 radical (unpaired) electrons. The van der Waals surface area contributed by atoms with E-state index in [4.69, 9.17) is 14.5 Å². The number of morpholine rings is 1. The van der Waals surface area contributed by atoms with Crippen molar-refractivity contribution in [2.45, 2.75) is 33.2 Å². The number of rotatable bonds is 9. The van der Waals surface area contributed by atoms with Crippen molar-refractivity contribution in [3.63, 3.8) is 0 Å². The zero-order chi connectivity index (χ0) is 22.1. The van der Waals surface area contributed by atoms with Gasteiger partial charge >= 0.3 is 0 Å². The number of ether oxygens (including phenoxy) is 2. The van der Waals surface area contributed by atoms with E-state index in [1.165, 1.54) is 10.4 Å². The molecule has 170 valence electrons. The summed E-state index contributed by atoms with van der Waals surface area (Å²) in [6, 6.07) is 8.54. The molecule has 1 atom stereocenters. The molecule has 0 saturated carbocycles. The number of aryl methyl sites for hydroxylation is 2. The van der Waals surface area contributed by atoms with Crippen molar-refractivity contribution in [1.82, 2.24) is 20.5 Å². The van der Waals surface area contributed by atoms with Crippen LogP contribution >= 0.6 is 11.3 Å². The first-order chi connectivity index (χ1) is 15.1. The van der Waals surface area contributed by atoms with Gasteiger partial charge in [-0.25, -0.2) is 4.98 Å². The maximum atomic E-state index is 5.57. The topological polar surface area (TPSA) is 71.0 Å². The summed E-state index contributed by atoms with van der Waals surface area (Å²) in [5.74, 6) is 1.73. The van der Waals surface area contributed by atoms with E-state index in [1.807, 2.05) is 12.1 Å². The Hall–Kier alpha value is -2.16. The second-order valence-electron chi connectivity index (χ2n) is 7.58. The van der Waals surface area contributed by atoms with Crippen molar-refractivity contribution >= 4 is 17.3 Å². The third-order valence-corrected chi connectivity index (χ3v) is 6.53. The normalized spacial score (nSPS) is 16.2. The number of nitrogens with zero attached hydrogens (tertiary/aromatic N) is 3. The molecule has 2 N–H and O–H groups in total. The molecule has 0 spiro atoms. The minimum absolute atomic E-state index is 0.205. The molecule has 1 unspecified atom stereocenters. The lowest BCUT2D eigenvalue weighted by Crippen LogP contribution is -2.42. The van der Waals surface area contributed by atoms with E-state index in [0.717, 1.165) is 68.2 Å². The minimum Gasteiger partial charge on any atom is -0.497 e. The lowest BCUT2D eigenvalue weighted by molar-refractivity contribution is 0.0179. The molecule has 8 heteroatoms. The Bertz CT molecular complexity index is 831. The third-order valence-electron chi connectivity index (χ3n) is 5.40. The Morgan fingerprint density at radius 3 is 2.58 bits per heavy atom. The van der Waals surface area contributed by atoms with Gasteiger partial charge in [0.05, 0.1) is 43.6 Å². The zero-order valence-electron chi connectivity index (χ0n) is 19.1. The summed E-state index contributed by atoms with van der Waals surface area (Å²) < 4.78 is 10.9. The largest absolute Gasteiger partial charge is 0.497 e. The summed E-state index contributed by atoms with van der Waals surface area (Å²) in [5, 5.41) is 7.99. The Morgan fingerprint density at radius 2 is 1.97 bits per heavy atom. The average molecular weight is 446 g/mol. The standard InChI is InChI=1S/C23H35N5O2S/c1-5-24-23(25-11-10-22-17(2)27-18(3)31-22)26-16-21(28-12-14-30-15-13-28)19-6-8-20(29-4)9-7-19/h6-9,21H,5,10-16H2,1-4H3,(H2,24,25,26). The number of aliphatic imine (C=N–C) groups is 1. The first kappa shape index (κ1) is 23.5. The van der Waals surface area contributed by atoms with Crippen LogP contribution in [0.25, 0.3) is 0 Å².